The van der Waals surface area contributed by atoms with E-state index in [9.17, 15) is 18.5 Å². The first-order valence-corrected chi connectivity index (χ1v) is 9.38. The molecule has 1 atom stereocenters. The third kappa shape index (κ3) is 2.57. The Morgan fingerprint density at radius 1 is 1.27 bits per heavy atom. The highest BCUT2D eigenvalue weighted by Gasteiger charge is 2.27. The lowest BCUT2D eigenvalue weighted by Gasteiger charge is -2.08. The van der Waals surface area contributed by atoms with Gasteiger partial charge in [-0.15, -0.1) is 0 Å². The molecule has 0 aliphatic carbocycles. The number of carboxylic acid groups (broad SMARTS) is 1. The van der Waals surface area contributed by atoms with Crippen LogP contribution in [-0.4, -0.2) is 19.9 Å². The molecule has 4 rings (SSSR count). The van der Waals surface area contributed by atoms with Crippen LogP contribution in [0.15, 0.2) is 46.7 Å². The maximum absolute atomic E-state index is 13.8. The average molecular weight is 390 g/mol. The zero-order valence-corrected chi connectivity index (χ0v) is 15.2. The minimum atomic E-state index is -1.37. The van der Waals surface area contributed by atoms with E-state index in [1.807, 2.05) is 0 Å². The number of carbonyl (C=O) groups is 1. The molecule has 132 valence electrons. The molecular weight excluding hydrogens is 377 g/mol. The standard InChI is InChI=1S/C19H13ClFNO3S/c1-10-19(15-9-26(25)17-5-3-12(21)7-14(15)17)13-4-2-11(20)6-16(13)22(10)8-18(23)24/h2-7,9H,8H2,1H3,(H,23,24). The minimum absolute atomic E-state index is 0.227. The van der Waals surface area contributed by atoms with E-state index in [0.29, 0.717) is 32.3 Å². The van der Waals surface area contributed by atoms with Gasteiger partial charge in [0.05, 0.1) is 21.2 Å². The van der Waals surface area contributed by atoms with Crippen molar-refractivity contribution in [2.45, 2.75) is 18.4 Å². The normalized spacial score (nSPS) is 16.0. The Labute approximate surface area is 156 Å². The number of nitrogens with zero attached hydrogens (tertiary/aromatic N) is 1. The highest BCUT2D eigenvalue weighted by molar-refractivity contribution is 7.88. The number of hydrogen-bond acceptors (Lipinski definition) is 2. The quantitative estimate of drug-likeness (QED) is 0.725. The largest absolute Gasteiger partial charge is 0.480 e. The smallest absolute Gasteiger partial charge is 0.323 e. The predicted octanol–water partition coefficient (Wildman–Crippen LogP) is 4.34. The van der Waals surface area contributed by atoms with Gasteiger partial charge in [0.25, 0.3) is 0 Å². The molecule has 0 saturated carbocycles. The predicted molar refractivity (Wildman–Crippen MR) is 99.2 cm³/mol. The first-order chi connectivity index (χ1) is 12.4. The summed E-state index contributed by atoms with van der Waals surface area (Å²) in [5.74, 6) is -1.39. The van der Waals surface area contributed by atoms with Crippen molar-refractivity contribution in [1.29, 1.82) is 0 Å². The summed E-state index contributed by atoms with van der Waals surface area (Å²) in [5, 5.41) is 12.1. The molecule has 1 N–H and O–H groups in total. The molecule has 0 bridgehead atoms. The number of hydrogen-bond donors (Lipinski definition) is 1. The van der Waals surface area contributed by atoms with Crippen molar-refractivity contribution in [3.05, 3.63) is 69.5 Å². The lowest BCUT2D eigenvalue weighted by molar-refractivity contribution is -0.137. The number of rotatable bonds is 3. The summed E-state index contributed by atoms with van der Waals surface area (Å²) < 4.78 is 27.9. The van der Waals surface area contributed by atoms with Crippen molar-refractivity contribution < 1.29 is 18.5 Å². The molecular formula is C19H13ClFNO3S. The van der Waals surface area contributed by atoms with Gasteiger partial charge in [-0.2, -0.15) is 0 Å². The second kappa shape index (κ2) is 6.07. The van der Waals surface area contributed by atoms with Crippen LogP contribution in [0.5, 0.6) is 0 Å². The van der Waals surface area contributed by atoms with E-state index >= 15 is 0 Å². The summed E-state index contributed by atoms with van der Waals surface area (Å²) in [5.41, 5.74) is 3.33. The van der Waals surface area contributed by atoms with Crippen molar-refractivity contribution in [3.63, 3.8) is 0 Å². The van der Waals surface area contributed by atoms with Gasteiger partial charge in [0.1, 0.15) is 12.4 Å². The lowest BCUT2D eigenvalue weighted by atomic mass is 9.97. The Hall–Kier alpha value is -2.44. The Morgan fingerprint density at radius 2 is 2.04 bits per heavy atom. The Kier molecular flexibility index (Phi) is 3.97. The third-order valence-corrected chi connectivity index (χ3v) is 6.00. The van der Waals surface area contributed by atoms with E-state index in [1.165, 1.54) is 18.2 Å². The Balaban J connectivity index is 2.04. The van der Waals surface area contributed by atoms with Crippen LogP contribution in [0.2, 0.25) is 5.02 Å². The highest BCUT2D eigenvalue weighted by atomic mass is 35.5. The highest BCUT2D eigenvalue weighted by Crippen LogP contribution is 2.41. The van der Waals surface area contributed by atoms with Crippen LogP contribution in [0, 0.1) is 12.7 Å². The molecule has 4 nitrogen and oxygen atoms in total. The molecule has 26 heavy (non-hydrogen) atoms. The number of aliphatic carboxylic acids is 1. The van der Waals surface area contributed by atoms with Crippen molar-refractivity contribution in [2.75, 3.05) is 0 Å². The summed E-state index contributed by atoms with van der Waals surface area (Å²) in [4.78, 5) is 11.9. The summed E-state index contributed by atoms with van der Waals surface area (Å²) in [6.07, 6.45) is 0. The van der Waals surface area contributed by atoms with Gasteiger partial charge in [-0.3, -0.25) is 4.79 Å². The van der Waals surface area contributed by atoms with E-state index in [-0.39, 0.29) is 6.54 Å². The summed E-state index contributed by atoms with van der Waals surface area (Å²) >= 11 is 6.10. The van der Waals surface area contributed by atoms with Crippen molar-refractivity contribution in [1.82, 2.24) is 4.57 Å². The number of halogens is 2. The fraction of sp³-hybridized carbons (Fsp3) is 0.105. The summed E-state index contributed by atoms with van der Waals surface area (Å²) in [7, 11) is -1.37. The van der Waals surface area contributed by atoms with E-state index < -0.39 is 22.6 Å². The minimum Gasteiger partial charge on any atom is -0.480 e. The first kappa shape index (κ1) is 17.0. The average Bonchev–Trinajstić information content (AvgIpc) is 3.02. The van der Waals surface area contributed by atoms with Gasteiger partial charge in [0.2, 0.25) is 0 Å². The molecule has 3 aromatic rings. The molecule has 2 heterocycles. The van der Waals surface area contributed by atoms with Gasteiger partial charge in [-0.1, -0.05) is 17.7 Å². The summed E-state index contributed by atoms with van der Waals surface area (Å²) in [6.45, 7) is 1.57. The summed E-state index contributed by atoms with van der Waals surface area (Å²) in [6, 6.07) is 9.40. The topological polar surface area (TPSA) is 59.3 Å². The fourth-order valence-electron chi connectivity index (χ4n) is 3.44. The first-order valence-electron chi connectivity index (χ1n) is 7.79. The van der Waals surface area contributed by atoms with E-state index in [0.717, 1.165) is 10.9 Å². The molecule has 0 radical (unpaired) electrons. The molecule has 2 aromatic carbocycles. The van der Waals surface area contributed by atoms with Crippen molar-refractivity contribution in [3.8, 4) is 0 Å². The molecule has 1 aromatic heterocycles. The molecule has 0 spiro atoms. The molecule has 1 unspecified atom stereocenters. The van der Waals surface area contributed by atoms with Crippen molar-refractivity contribution >= 4 is 44.8 Å². The van der Waals surface area contributed by atoms with Crippen LogP contribution in [-0.2, 0) is 22.1 Å². The maximum Gasteiger partial charge on any atom is 0.323 e. The van der Waals surface area contributed by atoms with Gasteiger partial charge in [0.15, 0.2) is 0 Å². The van der Waals surface area contributed by atoms with Crippen LogP contribution >= 0.6 is 11.6 Å². The number of benzene rings is 2. The van der Waals surface area contributed by atoms with E-state index in [4.69, 9.17) is 11.6 Å². The maximum atomic E-state index is 13.8. The molecule has 0 saturated heterocycles. The van der Waals surface area contributed by atoms with E-state index in [1.54, 1.807) is 35.1 Å². The Bertz CT molecular complexity index is 1150. The zero-order valence-electron chi connectivity index (χ0n) is 13.6. The molecule has 1 aliphatic rings. The number of fused-ring (bicyclic) bond motifs is 2. The molecule has 0 amide bonds. The van der Waals surface area contributed by atoms with Gasteiger partial charge >= 0.3 is 5.97 Å². The number of carboxylic acids is 1. The van der Waals surface area contributed by atoms with Gasteiger partial charge in [0, 0.05) is 38.2 Å². The number of aromatic nitrogens is 1. The Morgan fingerprint density at radius 3 is 2.77 bits per heavy atom. The second-order valence-electron chi connectivity index (χ2n) is 6.07. The van der Waals surface area contributed by atoms with Crippen LogP contribution in [0.4, 0.5) is 4.39 Å². The van der Waals surface area contributed by atoms with Crippen LogP contribution in [0.1, 0.15) is 16.8 Å². The zero-order chi connectivity index (χ0) is 18.6. The lowest BCUT2D eigenvalue weighted by Crippen LogP contribution is -2.10. The molecule has 7 heteroatoms. The fourth-order valence-corrected chi connectivity index (χ4v) is 4.78. The van der Waals surface area contributed by atoms with Crippen LogP contribution in [0.25, 0.3) is 16.5 Å². The van der Waals surface area contributed by atoms with Gasteiger partial charge < -0.3 is 9.67 Å². The second-order valence-corrected chi connectivity index (χ2v) is 7.78. The van der Waals surface area contributed by atoms with E-state index in [2.05, 4.69) is 0 Å². The SMILES string of the molecule is Cc1c(C2=CS(=O)c3ccc(F)cc32)c2ccc(Cl)cc2n1CC(=O)O. The van der Waals surface area contributed by atoms with Crippen molar-refractivity contribution in [2.24, 2.45) is 0 Å². The third-order valence-electron chi connectivity index (χ3n) is 4.52. The molecule has 1 aliphatic heterocycles. The van der Waals surface area contributed by atoms with Gasteiger partial charge in [-0.25, -0.2) is 8.60 Å². The van der Waals surface area contributed by atoms with Crippen LogP contribution in [0.3, 0.4) is 0 Å². The monoisotopic (exact) mass is 389 g/mol. The van der Waals surface area contributed by atoms with Crippen LogP contribution < -0.4 is 0 Å². The van der Waals surface area contributed by atoms with Gasteiger partial charge in [-0.05, 0) is 37.3 Å². The molecule has 0 fully saturated rings.